The maximum atomic E-state index is 5.90. The Hall–Kier alpha value is -2.82. The van der Waals surface area contributed by atoms with Crippen LogP contribution in [0.5, 0.6) is 11.5 Å². The van der Waals surface area contributed by atoms with E-state index in [2.05, 4.69) is 53.8 Å². The summed E-state index contributed by atoms with van der Waals surface area (Å²) in [5.74, 6) is 1.77. The van der Waals surface area contributed by atoms with Crippen molar-refractivity contribution in [3.8, 4) is 11.5 Å². The lowest BCUT2D eigenvalue weighted by Gasteiger charge is -2.27. The van der Waals surface area contributed by atoms with Crippen molar-refractivity contribution in [2.24, 2.45) is 0 Å². The molecule has 0 bridgehead atoms. The lowest BCUT2D eigenvalue weighted by molar-refractivity contribution is -0.194. The molecular weight excluding hydrogens is 350 g/mol. The van der Waals surface area contributed by atoms with Crippen LogP contribution in [0.4, 0.5) is 0 Å². The minimum Gasteiger partial charge on any atom is -0.489 e. The van der Waals surface area contributed by atoms with Crippen LogP contribution in [-0.4, -0.2) is 6.54 Å². The molecule has 2 heterocycles. The van der Waals surface area contributed by atoms with E-state index in [1.807, 2.05) is 18.2 Å². The smallest absolute Gasteiger partial charge is 0.171 e. The second-order valence-corrected chi connectivity index (χ2v) is 7.38. The molecule has 0 aromatic heterocycles. The predicted octanol–water partition coefficient (Wildman–Crippen LogP) is 4.52. The first-order valence-electron chi connectivity index (χ1n) is 9.79. The third-order valence-electron chi connectivity index (χ3n) is 5.46. The molecule has 4 nitrogen and oxygen atoms in total. The summed E-state index contributed by atoms with van der Waals surface area (Å²) in [4.78, 5) is 10.4. The second kappa shape index (κ2) is 7.66. The molecule has 5 rings (SSSR count). The van der Waals surface area contributed by atoms with Gasteiger partial charge in [-0.05, 0) is 65.9 Å². The highest BCUT2D eigenvalue weighted by Gasteiger charge is 2.25. The van der Waals surface area contributed by atoms with E-state index in [4.69, 9.17) is 14.5 Å². The van der Waals surface area contributed by atoms with Crippen molar-refractivity contribution in [3.05, 3.63) is 94.5 Å². The SMILES string of the molecule is c1ccc(COc2ccc(CC3NCCc4cc5c(cc43)COO5)cc2)cc1. The van der Waals surface area contributed by atoms with Gasteiger partial charge in [-0.25, -0.2) is 0 Å². The van der Waals surface area contributed by atoms with Crippen molar-refractivity contribution in [2.75, 3.05) is 6.54 Å². The molecule has 4 heteroatoms. The minimum atomic E-state index is 0.311. The number of fused-ring (bicyclic) bond motifs is 2. The molecule has 28 heavy (non-hydrogen) atoms. The highest BCUT2D eigenvalue weighted by Crippen LogP contribution is 2.35. The summed E-state index contributed by atoms with van der Waals surface area (Å²) < 4.78 is 5.90. The van der Waals surface area contributed by atoms with E-state index in [9.17, 15) is 0 Å². The molecule has 0 aliphatic carbocycles. The van der Waals surface area contributed by atoms with E-state index in [1.165, 1.54) is 22.3 Å². The molecule has 2 aliphatic rings. The average Bonchev–Trinajstić information content (AvgIpc) is 3.20. The molecule has 0 radical (unpaired) electrons. The van der Waals surface area contributed by atoms with Gasteiger partial charge in [-0.15, -0.1) is 0 Å². The fourth-order valence-electron chi connectivity index (χ4n) is 3.95. The molecule has 0 saturated heterocycles. The summed E-state index contributed by atoms with van der Waals surface area (Å²) in [7, 11) is 0. The van der Waals surface area contributed by atoms with Gasteiger partial charge in [0.15, 0.2) is 5.75 Å². The summed E-state index contributed by atoms with van der Waals surface area (Å²) in [5, 5.41) is 3.66. The molecular formula is C24H23NO3. The highest BCUT2D eigenvalue weighted by molar-refractivity contribution is 5.46. The normalized spacial score (nSPS) is 17.5. The number of hydrogen-bond donors (Lipinski definition) is 1. The number of benzene rings is 3. The summed E-state index contributed by atoms with van der Waals surface area (Å²) in [6, 6.07) is 23.4. The number of hydrogen-bond acceptors (Lipinski definition) is 4. The van der Waals surface area contributed by atoms with Gasteiger partial charge in [0.1, 0.15) is 19.0 Å². The molecule has 0 saturated carbocycles. The number of ether oxygens (including phenoxy) is 1. The van der Waals surface area contributed by atoms with Crippen LogP contribution >= 0.6 is 0 Å². The van der Waals surface area contributed by atoms with E-state index < -0.39 is 0 Å². The van der Waals surface area contributed by atoms with Gasteiger partial charge in [-0.3, -0.25) is 0 Å². The van der Waals surface area contributed by atoms with Crippen LogP contribution in [0.2, 0.25) is 0 Å². The van der Waals surface area contributed by atoms with Gasteiger partial charge in [0, 0.05) is 11.6 Å². The van der Waals surface area contributed by atoms with E-state index in [-0.39, 0.29) is 0 Å². The summed E-state index contributed by atoms with van der Waals surface area (Å²) in [6.07, 6.45) is 1.97. The molecule has 0 fully saturated rings. The second-order valence-electron chi connectivity index (χ2n) is 7.38. The lowest BCUT2D eigenvalue weighted by Crippen LogP contribution is -2.31. The molecule has 0 spiro atoms. The van der Waals surface area contributed by atoms with Crippen LogP contribution in [0.1, 0.15) is 33.9 Å². The Kier molecular flexibility index (Phi) is 4.73. The average molecular weight is 373 g/mol. The Morgan fingerprint density at radius 1 is 0.929 bits per heavy atom. The van der Waals surface area contributed by atoms with E-state index in [0.717, 1.165) is 36.4 Å². The van der Waals surface area contributed by atoms with Crippen molar-refractivity contribution in [1.82, 2.24) is 5.32 Å². The molecule has 1 N–H and O–H groups in total. The van der Waals surface area contributed by atoms with Gasteiger partial charge in [0.2, 0.25) is 0 Å². The highest BCUT2D eigenvalue weighted by atomic mass is 17.2. The zero-order valence-corrected chi connectivity index (χ0v) is 15.7. The van der Waals surface area contributed by atoms with Crippen LogP contribution in [0.25, 0.3) is 0 Å². The maximum Gasteiger partial charge on any atom is 0.171 e. The van der Waals surface area contributed by atoms with Crippen LogP contribution in [0.15, 0.2) is 66.7 Å². The van der Waals surface area contributed by atoms with Gasteiger partial charge < -0.3 is 14.9 Å². The Labute approximate surface area is 165 Å². The molecule has 1 unspecified atom stereocenters. The van der Waals surface area contributed by atoms with E-state index >= 15 is 0 Å². The molecule has 0 amide bonds. The quantitative estimate of drug-likeness (QED) is 0.668. The Balaban J connectivity index is 1.27. The molecule has 2 aliphatic heterocycles. The first-order valence-corrected chi connectivity index (χ1v) is 9.79. The van der Waals surface area contributed by atoms with Gasteiger partial charge >= 0.3 is 0 Å². The van der Waals surface area contributed by atoms with Gasteiger partial charge in [-0.2, -0.15) is 4.89 Å². The topological polar surface area (TPSA) is 39.7 Å². The minimum absolute atomic E-state index is 0.311. The maximum absolute atomic E-state index is 5.90. The van der Waals surface area contributed by atoms with Gasteiger partial charge in [0.05, 0.1) is 0 Å². The third kappa shape index (κ3) is 3.61. The van der Waals surface area contributed by atoms with Gasteiger partial charge in [-0.1, -0.05) is 42.5 Å². The van der Waals surface area contributed by atoms with Crippen molar-refractivity contribution in [3.63, 3.8) is 0 Å². The Morgan fingerprint density at radius 3 is 2.64 bits per heavy atom. The number of rotatable bonds is 5. The van der Waals surface area contributed by atoms with Crippen LogP contribution in [-0.2, 0) is 30.9 Å². The number of nitrogens with one attached hydrogen (secondary N) is 1. The van der Waals surface area contributed by atoms with Crippen LogP contribution in [0, 0.1) is 0 Å². The summed E-state index contributed by atoms with van der Waals surface area (Å²) in [5.41, 5.74) is 6.33. The van der Waals surface area contributed by atoms with Crippen molar-refractivity contribution in [1.29, 1.82) is 0 Å². The lowest BCUT2D eigenvalue weighted by atomic mass is 9.89. The summed E-state index contributed by atoms with van der Waals surface area (Å²) >= 11 is 0. The predicted molar refractivity (Wildman–Crippen MR) is 107 cm³/mol. The van der Waals surface area contributed by atoms with Crippen molar-refractivity contribution >= 4 is 0 Å². The molecule has 3 aromatic rings. The van der Waals surface area contributed by atoms with Gasteiger partial charge in [0.25, 0.3) is 0 Å². The van der Waals surface area contributed by atoms with Crippen LogP contribution in [0.3, 0.4) is 0 Å². The zero-order valence-electron chi connectivity index (χ0n) is 15.7. The fraction of sp³-hybridized carbons (Fsp3) is 0.250. The van der Waals surface area contributed by atoms with Crippen molar-refractivity contribution in [2.45, 2.75) is 32.1 Å². The Morgan fingerprint density at radius 2 is 1.79 bits per heavy atom. The van der Waals surface area contributed by atoms with E-state index in [1.54, 1.807) is 0 Å². The zero-order chi connectivity index (χ0) is 18.8. The molecule has 1 atom stereocenters. The molecule has 142 valence electrons. The third-order valence-corrected chi connectivity index (χ3v) is 5.46. The van der Waals surface area contributed by atoms with Crippen molar-refractivity contribution < 1.29 is 14.5 Å². The standard InChI is InChI=1S/C24H23NO3/c1-2-4-18(5-3-1)15-26-21-8-6-17(7-9-21)12-23-22-13-20-16-27-28-24(20)14-19(22)10-11-25-23/h1-9,13-14,23,25H,10-12,15-16H2. The van der Waals surface area contributed by atoms with Crippen LogP contribution < -0.4 is 14.9 Å². The monoisotopic (exact) mass is 373 g/mol. The van der Waals surface area contributed by atoms with E-state index in [0.29, 0.717) is 19.3 Å². The first kappa shape index (κ1) is 17.3. The first-order chi connectivity index (χ1) is 13.8. The molecule has 3 aromatic carbocycles. The Bertz CT molecular complexity index is 954. The largest absolute Gasteiger partial charge is 0.489 e. The fourth-order valence-corrected chi connectivity index (χ4v) is 3.95. The summed E-state index contributed by atoms with van der Waals surface area (Å²) in [6.45, 7) is 2.10.